The Morgan fingerprint density at radius 3 is 2.25 bits per heavy atom. The Balaban J connectivity index is 2.84. The summed E-state index contributed by atoms with van der Waals surface area (Å²) >= 11 is 0. The third-order valence-corrected chi connectivity index (χ3v) is 1.94. The van der Waals surface area contributed by atoms with E-state index < -0.39 is 16.5 Å². The summed E-state index contributed by atoms with van der Waals surface area (Å²) in [6.45, 7) is 2.80. The van der Waals surface area contributed by atoms with Gasteiger partial charge in [0.15, 0.2) is 5.60 Å². The van der Waals surface area contributed by atoms with Gasteiger partial charge in [-0.15, -0.1) is 0 Å². The molecule has 0 aliphatic rings. The van der Waals surface area contributed by atoms with E-state index in [2.05, 4.69) is 0 Å². The van der Waals surface area contributed by atoms with Gasteiger partial charge in [0.05, 0.1) is 4.92 Å². The molecule has 0 aliphatic heterocycles. The molecule has 0 fully saturated rings. The van der Waals surface area contributed by atoms with Gasteiger partial charge in [0.2, 0.25) is 0 Å². The minimum Gasteiger partial charge on any atom is -0.478 e. The van der Waals surface area contributed by atoms with E-state index in [-0.39, 0.29) is 11.4 Å². The Bertz CT molecular complexity index is 410. The number of aliphatic carboxylic acids is 1. The van der Waals surface area contributed by atoms with E-state index >= 15 is 0 Å². The first kappa shape index (κ1) is 12.0. The zero-order valence-electron chi connectivity index (χ0n) is 8.84. The second kappa shape index (κ2) is 4.18. The van der Waals surface area contributed by atoms with Crippen LogP contribution >= 0.6 is 0 Å². The number of carbonyl (C=O) groups is 1. The molecule has 6 heteroatoms. The summed E-state index contributed by atoms with van der Waals surface area (Å²) in [4.78, 5) is 20.6. The summed E-state index contributed by atoms with van der Waals surface area (Å²) in [6.07, 6.45) is 0. The molecule has 0 radical (unpaired) electrons. The third kappa shape index (κ3) is 2.69. The van der Waals surface area contributed by atoms with Gasteiger partial charge in [-0.05, 0) is 26.0 Å². The molecule has 0 spiro atoms. The maximum absolute atomic E-state index is 10.8. The van der Waals surface area contributed by atoms with Crippen molar-refractivity contribution in [3.8, 4) is 5.75 Å². The van der Waals surface area contributed by atoms with E-state index in [0.29, 0.717) is 0 Å². The molecule has 0 saturated carbocycles. The fraction of sp³-hybridized carbons (Fsp3) is 0.300. The Labute approximate surface area is 91.6 Å². The number of carboxylic acid groups (broad SMARTS) is 1. The highest BCUT2D eigenvalue weighted by Gasteiger charge is 2.29. The first-order valence-electron chi connectivity index (χ1n) is 4.50. The van der Waals surface area contributed by atoms with Crippen LogP contribution in [-0.2, 0) is 4.79 Å². The first-order valence-corrected chi connectivity index (χ1v) is 4.50. The molecule has 1 N–H and O–H groups in total. The fourth-order valence-electron chi connectivity index (χ4n) is 0.974. The molecule has 1 rings (SSSR count). The van der Waals surface area contributed by atoms with Crippen molar-refractivity contribution in [3.63, 3.8) is 0 Å². The minimum atomic E-state index is -1.36. The summed E-state index contributed by atoms with van der Waals surface area (Å²) in [5.74, 6) is -0.830. The number of hydrogen-bond donors (Lipinski definition) is 1. The molecule has 16 heavy (non-hydrogen) atoms. The highest BCUT2D eigenvalue weighted by molar-refractivity contribution is 5.76. The maximum Gasteiger partial charge on any atom is 0.347 e. The molecule has 0 saturated heterocycles. The molecular formula is C10H11NO5. The van der Waals surface area contributed by atoms with Gasteiger partial charge < -0.3 is 9.84 Å². The molecule has 1 aromatic rings. The normalized spacial score (nSPS) is 10.9. The number of rotatable bonds is 4. The fourth-order valence-corrected chi connectivity index (χ4v) is 0.974. The van der Waals surface area contributed by atoms with E-state index in [9.17, 15) is 14.9 Å². The lowest BCUT2D eigenvalue weighted by Crippen LogP contribution is -2.37. The minimum absolute atomic E-state index is 0.0690. The van der Waals surface area contributed by atoms with Gasteiger partial charge >= 0.3 is 5.97 Å². The first-order chi connectivity index (χ1) is 7.33. The summed E-state index contributed by atoms with van der Waals surface area (Å²) in [6, 6.07) is 5.24. The third-order valence-electron chi connectivity index (χ3n) is 1.94. The predicted octanol–water partition coefficient (Wildman–Crippen LogP) is 1.84. The number of non-ortho nitro benzene ring substituents is 1. The Morgan fingerprint density at radius 1 is 1.38 bits per heavy atom. The Kier molecular flexibility index (Phi) is 3.12. The molecule has 0 amide bonds. The lowest BCUT2D eigenvalue weighted by molar-refractivity contribution is -0.384. The largest absolute Gasteiger partial charge is 0.478 e. The van der Waals surface area contributed by atoms with Crippen molar-refractivity contribution in [2.75, 3.05) is 0 Å². The molecule has 6 nitrogen and oxygen atoms in total. The van der Waals surface area contributed by atoms with Gasteiger partial charge in [-0.2, -0.15) is 0 Å². The van der Waals surface area contributed by atoms with Crippen molar-refractivity contribution in [3.05, 3.63) is 34.4 Å². The van der Waals surface area contributed by atoms with Crippen molar-refractivity contribution in [2.45, 2.75) is 19.4 Å². The molecule has 0 aromatic heterocycles. The van der Waals surface area contributed by atoms with Gasteiger partial charge in [0, 0.05) is 12.1 Å². The standard InChI is InChI=1S/C10H11NO5/c1-10(2,9(12)13)16-8-5-3-7(4-6-8)11(14)15/h3-6H,1-2H3,(H,12,13). The van der Waals surface area contributed by atoms with E-state index in [1.165, 1.54) is 38.1 Å². The molecule has 86 valence electrons. The number of nitrogens with zero attached hydrogens (tertiary/aromatic N) is 1. The second-order valence-corrected chi connectivity index (χ2v) is 3.67. The van der Waals surface area contributed by atoms with Crippen molar-refractivity contribution in [1.29, 1.82) is 0 Å². The molecule has 1 aromatic carbocycles. The Morgan fingerprint density at radius 2 is 1.88 bits per heavy atom. The van der Waals surface area contributed by atoms with Gasteiger partial charge in [-0.1, -0.05) is 0 Å². The molecule has 0 heterocycles. The average molecular weight is 225 g/mol. The summed E-state index contributed by atoms with van der Waals surface area (Å²) in [5, 5.41) is 19.2. The van der Waals surface area contributed by atoms with Crippen LogP contribution in [-0.4, -0.2) is 21.6 Å². The second-order valence-electron chi connectivity index (χ2n) is 3.67. The van der Waals surface area contributed by atoms with Crippen molar-refractivity contribution >= 4 is 11.7 Å². The number of benzene rings is 1. The van der Waals surface area contributed by atoms with Gasteiger partial charge in [-0.25, -0.2) is 4.79 Å². The highest BCUT2D eigenvalue weighted by atomic mass is 16.6. The van der Waals surface area contributed by atoms with Crippen LogP contribution in [0.3, 0.4) is 0 Å². The number of nitro benzene ring substituents is 1. The zero-order valence-corrected chi connectivity index (χ0v) is 8.84. The highest BCUT2D eigenvalue weighted by Crippen LogP contribution is 2.21. The topological polar surface area (TPSA) is 89.7 Å². The number of hydrogen-bond acceptors (Lipinski definition) is 4. The summed E-state index contributed by atoms with van der Waals surface area (Å²) in [7, 11) is 0. The van der Waals surface area contributed by atoms with E-state index in [4.69, 9.17) is 9.84 Å². The Hall–Kier alpha value is -2.11. The maximum atomic E-state index is 10.8. The molecule has 0 aliphatic carbocycles. The lowest BCUT2D eigenvalue weighted by atomic mass is 10.1. The molecule has 0 unspecified atom stereocenters. The average Bonchev–Trinajstić information content (AvgIpc) is 2.17. The summed E-state index contributed by atoms with van der Waals surface area (Å²) in [5.41, 5.74) is -1.43. The van der Waals surface area contributed by atoms with Crippen LogP contribution in [0.25, 0.3) is 0 Å². The van der Waals surface area contributed by atoms with Crippen molar-refractivity contribution < 1.29 is 19.6 Å². The number of nitro groups is 1. The van der Waals surface area contributed by atoms with Gasteiger partial charge in [-0.3, -0.25) is 10.1 Å². The van der Waals surface area contributed by atoms with Crippen LogP contribution in [0.15, 0.2) is 24.3 Å². The molecular weight excluding hydrogens is 214 g/mol. The number of ether oxygens (including phenoxy) is 1. The van der Waals surface area contributed by atoms with Crippen LogP contribution in [0.2, 0.25) is 0 Å². The van der Waals surface area contributed by atoms with Gasteiger partial charge in [0.25, 0.3) is 5.69 Å². The van der Waals surface area contributed by atoms with Crippen molar-refractivity contribution in [2.24, 2.45) is 0 Å². The van der Waals surface area contributed by atoms with E-state index in [1.54, 1.807) is 0 Å². The van der Waals surface area contributed by atoms with E-state index in [0.717, 1.165) is 0 Å². The van der Waals surface area contributed by atoms with Crippen LogP contribution < -0.4 is 4.74 Å². The zero-order chi connectivity index (χ0) is 12.3. The van der Waals surface area contributed by atoms with Crippen molar-refractivity contribution in [1.82, 2.24) is 0 Å². The SMILES string of the molecule is CC(C)(Oc1ccc([N+](=O)[O-])cc1)C(=O)O. The summed E-state index contributed by atoms with van der Waals surface area (Å²) < 4.78 is 5.18. The van der Waals surface area contributed by atoms with E-state index in [1.807, 2.05) is 0 Å². The molecule has 0 atom stereocenters. The smallest absolute Gasteiger partial charge is 0.347 e. The van der Waals surface area contributed by atoms with Crippen LogP contribution in [0.1, 0.15) is 13.8 Å². The quantitative estimate of drug-likeness (QED) is 0.623. The lowest BCUT2D eigenvalue weighted by Gasteiger charge is -2.21. The molecule has 0 bridgehead atoms. The van der Waals surface area contributed by atoms with Crippen LogP contribution in [0, 0.1) is 10.1 Å². The van der Waals surface area contributed by atoms with Crippen LogP contribution in [0.4, 0.5) is 5.69 Å². The number of carboxylic acids is 1. The van der Waals surface area contributed by atoms with Gasteiger partial charge in [0.1, 0.15) is 5.75 Å². The van der Waals surface area contributed by atoms with Crippen LogP contribution in [0.5, 0.6) is 5.75 Å². The monoisotopic (exact) mass is 225 g/mol. The predicted molar refractivity (Wildman–Crippen MR) is 55.4 cm³/mol.